The van der Waals surface area contributed by atoms with Crippen LogP contribution in [0.25, 0.3) is 0 Å². The van der Waals surface area contributed by atoms with Crippen LogP contribution >= 0.6 is 11.6 Å². The Labute approximate surface area is 125 Å². The summed E-state index contributed by atoms with van der Waals surface area (Å²) in [6.45, 7) is 1.39. The number of β-amino-alcohol motifs (C(OH)–C–C–N with tert-alkyl or cyclic N) is 1. The van der Waals surface area contributed by atoms with Gasteiger partial charge >= 0.3 is 6.18 Å². The number of rotatable bonds is 3. The largest absolute Gasteiger partial charge is 0.416 e. The zero-order chi connectivity index (χ0) is 16.1. The molecule has 0 aromatic heterocycles. The molecule has 0 amide bonds. The van der Waals surface area contributed by atoms with Gasteiger partial charge in [-0.15, -0.1) is 0 Å². The van der Waals surface area contributed by atoms with Gasteiger partial charge in [-0.2, -0.15) is 17.5 Å². The number of benzene rings is 1. The van der Waals surface area contributed by atoms with E-state index in [-0.39, 0.29) is 18.1 Å². The Bertz CT molecular complexity index is 654. The van der Waals surface area contributed by atoms with Crippen LogP contribution in [0.1, 0.15) is 18.9 Å². The first-order chi connectivity index (χ1) is 9.49. The lowest BCUT2D eigenvalue weighted by atomic mass is 9.94. The minimum absolute atomic E-state index is 0.154. The molecule has 1 aromatic carbocycles. The monoisotopic (exact) mass is 343 g/mol. The smallest absolute Gasteiger partial charge is 0.387 e. The van der Waals surface area contributed by atoms with Crippen LogP contribution in [0.3, 0.4) is 0 Å². The van der Waals surface area contributed by atoms with E-state index in [2.05, 4.69) is 0 Å². The quantitative estimate of drug-likeness (QED) is 0.917. The molecule has 1 aromatic rings. The van der Waals surface area contributed by atoms with Crippen molar-refractivity contribution < 1.29 is 26.7 Å². The fourth-order valence-electron chi connectivity index (χ4n) is 2.02. The van der Waals surface area contributed by atoms with Crippen LogP contribution in [-0.4, -0.2) is 36.5 Å². The Hall–Kier alpha value is -0.830. The summed E-state index contributed by atoms with van der Waals surface area (Å²) in [7, 11) is -4.16. The van der Waals surface area contributed by atoms with Crippen LogP contribution in [-0.2, 0) is 16.2 Å². The fraction of sp³-hybridized carbons (Fsp3) is 0.500. The van der Waals surface area contributed by atoms with Crippen molar-refractivity contribution in [3.63, 3.8) is 0 Å². The van der Waals surface area contributed by atoms with Gasteiger partial charge in [-0.1, -0.05) is 18.5 Å². The highest BCUT2D eigenvalue weighted by molar-refractivity contribution is 7.89. The lowest BCUT2D eigenvalue weighted by Crippen LogP contribution is -2.62. The minimum Gasteiger partial charge on any atom is -0.387 e. The van der Waals surface area contributed by atoms with Gasteiger partial charge in [0.1, 0.15) is 4.90 Å². The Morgan fingerprint density at radius 1 is 1.38 bits per heavy atom. The zero-order valence-electron chi connectivity index (χ0n) is 11.0. The van der Waals surface area contributed by atoms with Gasteiger partial charge in [0.05, 0.1) is 16.2 Å². The van der Waals surface area contributed by atoms with Gasteiger partial charge in [-0.3, -0.25) is 0 Å². The van der Waals surface area contributed by atoms with E-state index in [1.807, 2.05) is 0 Å². The molecular formula is C12H13ClF3NO3S. The predicted molar refractivity (Wildman–Crippen MR) is 70.5 cm³/mol. The van der Waals surface area contributed by atoms with E-state index in [0.717, 1.165) is 16.4 Å². The summed E-state index contributed by atoms with van der Waals surface area (Å²) in [5.41, 5.74) is -2.21. The summed E-state index contributed by atoms with van der Waals surface area (Å²) in [5.74, 6) is 0. The van der Waals surface area contributed by atoms with E-state index in [1.54, 1.807) is 6.92 Å². The third-order valence-corrected chi connectivity index (χ3v) is 5.75. The van der Waals surface area contributed by atoms with E-state index >= 15 is 0 Å². The summed E-state index contributed by atoms with van der Waals surface area (Å²) in [4.78, 5) is -0.600. The first kappa shape index (κ1) is 16.5. The van der Waals surface area contributed by atoms with Crippen LogP contribution < -0.4 is 0 Å². The normalized spacial score (nSPS) is 19.3. The molecule has 1 N–H and O–H groups in total. The first-order valence-corrected chi connectivity index (χ1v) is 7.91. The van der Waals surface area contributed by atoms with Gasteiger partial charge in [0.25, 0.3) is 0 Å². The molecule has 0 radical (unpaired) electrons. The van der Waals surface area contributed by atoms with Crippen molar-refractivity contribution in [2.45, 2.75) is 30.0 Å². The molecule has 1 fully saturated rings. The van der Waals surface area contributed by atoms with E-state index in [4.69, 9.17) is 11.6 Å². The topological polar surface area (TPSA) is 57.6 Å². The van der Waals surface area contributed by atoms with Gasteiger partial charge in [0.15, 0.2) is 0 Å². The third kappa shape index (κ3) is 3.03. The zero-order valence-corrected chi connectivity index (χ0v) is 12.6. The number of hydrogen-bond donors (Lipinski definition) is 1. The highest BCUT2D eigenvalue weighted by Gasteiger charge is 2.47. The number of aliphatic hydroxyl groups is 1. The van der Waals surface area contributed by atoms with E-state index in [1.165, 1.54) is 0 Å². The molecule has 1 aliphatic heterocycles. The van der Waals surface area contributed by atoms with Crippen LogP contribution in [0.4, 0.5) is 13.2 Å². The maximum Gasteiger partial charge on any atom is 0.416 e. The van der Waals surface area contributed by atoms with Crippen molar-refractivity contribution in [3.05, 3.63) is 28.8 Å². The fourth-order valence-corrected chi connectivity index (χ4v) is 4.12. The number of halogens is 4. The molecule has 21 heavy (non-hydrogen) atoms. The molecule has 2 rings (SSSR count). The van der Waals surface area contributed by atoms with Gasteiger partial charge in [-0.05, 0) is 24.6 Å². The van der Waals surface area contributed by atoms with Crippen molar-refractivity contribution in [2.24, 2.45) is 0 Å². The molecule has 0 bridgehead atoms. The molecule has 9 heteroatoms. The molecule has 118 valence electrons. The molecular weight excluding hydrogens is 331 g/mol. The second-order valence-electron chi connectivity index (χ2n) is 4.99. The Morgan fingerprint density at radius 3 is 2.43 bits per heavy atom. The molecule has 1 heterocycles. The Balaban J connectivity index is 2.38. The number of nitrogens with zero attached hydrogens (tertiary/aromatic N) is 1. The molecule has 4 nitrogen and oxygen atoms in total. The summed E-state index contributed by atoms with van der Waals surface area (Å²) in [5, 5.41) is 9.55. The van der Waals surface area contributed by atoms with Gasteiger partial charge in [0.2, 0.25) is 10.0 Å². The predicted octanol–water partition coefficient (Wildman–Crippen LogP) is 2.50. The number of hydrogen-bond acceptors (Lipinski definition) is 3. The Morgan fingerprint density at radius 2 is 1.95 bits per heavy atom. The van der Waals surface area contributed by atoms with Crippen molar-refractivity contribution >= 4 is 21.6 Å². The van der Waals surface area contributed by atoms with Gasteiger partial charge in [-0.25, -0.2) is 8.42 Å². The second-order valence-corrected chi connectivity index (χ2v) is 7.31. The van der Waals surface area contributed by atoms with Crippen molar-refractivity contribution in [1.29, 1.82) is 0 Å². The van der Waals surface area contributed by atoms with Crippen molar-refractivity contribution in [1.82, 2.24) is 4.31 Å². The molecule has 0 spiro atoms. The summed E-state index contributed by atoms with van der Waals surface area (Å²) >= 11 is 5.73. The summed E-state index contributed by atoms with van der Waals surface area (Å²) < 4.78 is 63.5. The molecule has 0 saturated carbocycles. The number of alkyl halides is 3. The van der Waals surface area contributed by atoms with E-state index in [9.17, 15) is 26.7 Å². The van der Waals surface area contributed by atoms with Crippen LogP contribution in [0.15, 0.2) is 23.1 Å². The molecule has 1 aliphatic rings. The lowest BCUT2D eigenvalue weighted by Gasteiger charge is -2.44. The molecule has 0 atom stereocenters. The van der Waals surface area contributed by atoms with Gasteiger partial charge < -0.3 is 5.11 Å². The van der Waals surface area contributed by atoms with E-state index in [0.29, 0.717) is 12.5 Å². The van der Waals surface area contributed by atoms with Crippen molar-refractivity contribution in [3.8, 4) is 0 Å². The molecule has 0 unspecified atom stereocenters. The van der Waals surface area contributed by atoms with Crippen LogP contribution in [0.2, 0.25) is 5.02 Å². The second kappa shape index (κ2) is 5.12. The van der Waals surface area contributed by atoms with Crippen molar-refractivity contribution in [2.75, 3.05) is 13.1 Å². The SMILES string of the molecule is CCC1(O)CN(S(=O)(=O)c2cc(C(F)(F)F)ccc2Cl)C1. The summed E-state index contributed by atoms with van der Waals surface area (Å²) in [6.07, 6.45) is -4.30. The number of sulfonamides is 1. The average molecular weight is 344 g/mol. The highest BCUT2D eigenvalue weighted by Crippen LogP contribution is 2.37. The minimum atomic E-state index is -4.66. The van der Waals surface area contributed by atoms with Gasteiger partial charge in [0, 0.05) is 13.1 Å². The van der Waals surface area contributed by atoms with Crippen LogP contribution in [0.5, 0.6) is 0 Å². The average Bonchev–Trinajstić information content (AvgIpc) is 2.33. The first-order valence-electron chi connectivity index (χ1n) is 6.09. The van der Waals surface area contributed by atoms with E-state index < -0.39 is 32.3 Å². The third-order valence-electron chi connectivity index (χ3n) is 3.48. The summed E-state index contributed by atoms with van der Waals surface area (Å²) in [6, 6.07) is 2.14. The standard InChI is InChI=1S/C12H13ClF3NO3S/c1-2-11(18)6-17(7-11)21(19,20)10-5-8(12(14,15)16)3-4-9(10)13/h3-5,18H,2,6-7H2,1H3. The van der Waals surface area contributed by atoms with Crippen LogP contribution in [0, 0.1) is 0 Å². The molecule has 1 saturated heterocycles. The maximum absolute atomic E-state index is 12.7. The maximum atomic E-state index is 12.7. The lowest BCUT2D eigenvalue weighted by molar-refractivity contribution is -0.137. The Kier molecular flexibility index (Phi) is 4.03. The highest BCUT2D eigenvalue weighted by atomic mass is 35.5. The molecule has 0 aliphatic carbocycles.